The van der Waals surface area contributed by atoms with Gasteiger partial charge in [-0.2, -0.15) is 13.2 Å². The van der Waals surface area contributed by atoms with Gasteiger partial charge in [-0.1, -0.05) is 42.1 Å². The van der Waals surface area contributed by atoms with Gasteiger partial charge in [0.2, 0.25) is 5.91 Å². The summed E-state index contributed by atoms with van der Waals surface area (Å²) >= 11 is 0.798. The normalized spacial score (nSPS) is 11.3. The molecule has 9 heteroatoms. The van der Waals surface area contributed by atoms with Crippen molar-refractivity contribution < 1.29 is 22.4 Å². The lowest BCUT2D eigenvalue weighted by atomic mass is 10.1. The van der Waals surface area contributed by atoms with Gasteiger partial charge >= 0.3 is 6.18 Å². The molecule has 2 aromatic carbocycles. The maximum Gasteiger partial charge on any atom is 0.433 e. The summed E-state index contributed by atoms with van der Waals surface area (Å²) in [5, 5.41) is 2.50. The summed E-state index contributed by atoms with van der Waals surface area (Å²) in [6.07, 6.45) is -4.68. The number of rotatable bonds is 6. The minimum Gasteiger partial charge on any atom is -0.351 e. The molecule has 0 atom stereocenters. The zero-order chi connectivity index (χ0) is 20.9. The number of nitrogens with one attached hydrogen (secondary N) is 1. The predicted molar refractivity (Wildman–Crippen MR) is 101 cm³/mol. The molecule has 3 rings (SSSR count). The van der Waals surface area contributed by atoms with Gasteiger partial charge in [0.15, 0.2) is 5.16 Å². The third-order valence-electron chi connectivity index (χ3n) is 3.80. The van der Waals surface area contributed by atoms with E-state index in [9.17, 15) is 22.4 Å². The van der Waals surface area contributed by atoms with E-state index in [2.05, 4.69) is 15.3 Å². The maximum atomic E-state index is 13.2. The lowest BCUT2D eigenvalue weighted by molar-refractivity contribution is -0.141. The second-order valence-electron chi connectivity index (χ2n) is 5.98. The van der Waals surface area contributed by atoms with Crippen molar-refractivity contribution in [3.8, 4) is 11.3 Å². The Balaban J connectivity index is 1.73. The van der Waals surface area contributed by atoms with Crippen molar-refractivity contribution in [2.24, 2.45) is 0 Å². The van der Waals surface area contributed by atoms with Crippen LogP contribution in [0.5, 0.6) is 0 Å². The maximum absolute atomic E-state index is 13.2. The Labute approximate surface area is 168 Å². The zero-order valence-corrected chi connectivity index (χ0v) is 15.7. The molecule has 0 bridgehead atoms. The van der Waals surface area contributed by atoms with Crippen LogP contribution in [0.4, 0.5) is 17.6 Å². The number of amides is 1. The molecule has 1 N–H and O–H groups in total. The van der Waals surface area contributed by atoms with Gasteiger partial charge in [-0.05, 0) is 35.9 Å². The van der Waals surface area contributed by atoms with Crippen LogP contribution in [0.15, 0.2) is 65.8 Å². The van der Waals surface area contributed by atoms with E-state index in [-0.39, 0.29) is 22.5 Å². The molecular formula is C20H15F4N3OS. The van der Waals surface area contributed by atoms with Crippen molar-refractivity contribution in [3.63, 3.8) is 0 Å². The molecule has 0 fully saturated rings. The minimum absolute atomic E-state index is 0.000446. The molecule has 1 amide bonds. The monoisotopic (exact) mass is 421 g/mol. The Morgan fingerprint density at radius 1 is 1.00 bits per heavy atom. The molecular weight excluding hydrogens is 406 g/mol. The van der Waals surface area contributed by atoms with Crippen LogP contribution in [0, 0.1) is 5.82 Å². The van der Waals surface area contributed by atoms with E-state index in [0.29, 0.717) is 12.1 Å². The predicted octanol–water partition coefficient (Wildman–Crippen LogP) is 4.71. The lowest BCUT2D eigenvalue weighted by Crippen LogP contribution is -2.24. The van der Waals surface area contributed by atoms with E-state index in [0.717, 1.165) is 35.5 Å². The molecule has 0 aliphatic carbocycles. The van der Waals surface area contributed by atoms with Gasteiger partial charge in [0.05, 0.1) is 11.4 Å². The molecule has 29 heavy (non-hydrogen) atoms. The Morgan fingerprint density at radius 2 is 1.69 bits per heavy atom. The second kappa shape index (κ2) is 9.04. The number of hydrogen-bond acceptors (Lipinski definition) is 4. The summed E-state index contributed by atoms with van der Waals surface area (Å²) in [6, 6.07) is 14.9. The number of alkyl halides is 3. The molecule has 3 aromatic rings. The van der Waals surface area contributed by atoms with Crippen molar-refractivity contribution >= 4 is 17.7 Å². The average molecular weight is 421 g/mol. The van der Waals surface area contributed by atoms with Crippen LogP contribution in [-0.2, 0) is 17.5 Å². The zero-order valence-electron chi connectivity index (χ0n) is 14.9. The van der Waals surface area contributed by atoms with Crippen LogP contribution in [0.3, 0.4) is 0 Å². The van der Waals surface area contributed by atoms with Crippen LogP contribution in [0.1, 0.15) is 11.3 Å². The van der Waals surface area contributed by atoms with E-state index in [4.69, 9.17) is 0 Å². The van der Waals surface area contributed by atoms with Crippen molar-refractivity contribution in [3.05, 3.63) is 77.7 Å². The lowest BCUT2D eigenvalue weighted by Gasteiger charge is -2.11. The Morgan fingerprint density at radius 3 is 2.34 bits per heavy atom. The van der Waals surface area contributed by atoms with Gasteiger partial charge < -0.3 is 5.32 Å². The molecule has 0 saturated heterocycles. The Kier molecular flexibility index (Phi) is 6.48. The quantitative estimate of drug-likeness (QED) is 0.356. The summed E-state index contributed by atoms with van der Waals surface area (Å²) in [5.41, 5.74) is 0.0907. The first-order valence-electron chi connectivity index (χ1n) is 8.47. The molecule has 0 spiro atoms. The number of carbonyl (C=O) groups is 1. The fourth-order valence-corrected chi connectivity index (χ4v) is 3.07. The van der Waals surface area contributed by atoms with E-state index in [1.165, 1.54) is 12.1 Å². The fraction of sp³-hybridized carbons (Fsp3) is 0.150. The summed E-state index contributed by atoms with van der Waals surface area (Å²) in [7, 11) is 0. The van der Waals surface area contributed by atoms with Crippen LogP contribution in [0.2, 0.25) is 0 Å². The molecule has 4 nitrogen and oxygen atoms in total. The van der Waals surface area contributed by atoms with E-state index >= 15 is 0 Å². The molecule has 0 radical (unpaired) electrons. The van der Waals surface area contributed by atoms with Crippen LogP contribution < -0.4 is 5.32 Å². The molecule has 0 unspecified atom stereocenters. The van der Waals surface area contributed by atoms with Crippen LogP contribution in [-0.4, -0.2) is 21.6 Å². The van der Waals surface area contributed by atoms with Gasteiger partial charge in [0.1, 0.15) is 11.5 Å². The molecule has 1 aromatic heterocycles. The van der Waals surface area contributed by atoms with E-state index < -0.39 is 17.7 Å². The van der Waals surface area contributed by atoms with Crippen molar-refractivity contribution in [1.82, 2.24) is 15.3 Å². The number of halogens is 4. The highest BCUT2D eigenvalue weighted by Crippen LogP contribution is 2.32. The number of nitrogens with zero attached hydrogens (tertiary/aromatic N) is 2. The number of thioether (sulfide) groups is 1. The summed E-state index contributed by atoms with van der Waals surface area (Å²) in [5.74, 6) is -1.01. The minimum atomic E-state index is -4.68. The smallest absolute Gasteiger partial charge is 0.351 e. The Bertz CT molecular complexity index is 979. The van der Waals surface area contributed by atoms with Gasteiger partial charge in [0.25, 0.3) is 0 Å². The summed E-state index contributed by atoms with van der Waals surface area (Å²) in [4.78, 5) is 19.6. The van der Waals surface area contributed by atoms with Crippen LogP contribution in [0.25, 0.3) is 11.3 Å². The van der Waals surface area contributed by atoms with Gasteiger partial charge in [-0.15, -0.1) is 0 Å². The summed E-state index contributed by atoms with van der Waals surface area (Å²) < 4.78 is 52.7. The van der Waals surface area contributed by atoms with Gasteiger partial charge in [-0.3, -0.25) is 4.79 Å². The van der Waals surface area contributed by atoms with E-state index in [1.807, 2.05) is 30.3 Å². The topological polar surface area (TPSA) is 54.9 Å². The first-order valence-corrected chi connectivity index (χ1v) is 9.45. The standard InChI is InChI=1S/C20H15F4N3OS/c21-15-8-6-14(7-9-15)16-10-17(20(22,23)24)27-19(26-16)29-12-18(28)25-11-13-4-2-1-3-5-13/h1-10H,11-12H2,(H,25,28). The van der Waals surface area contributed by atoms with Crippen molar-refractivity contribution in [2.45, 2.75) is 17.9 Å². The largest absolute Gasteiger partial charge is 0.433 e. The summed E-state index contributed by atoms with van der Waals surface area (Å²) in [6.45, 7) is 0.310. The van der Waals surface area contributed by atoms with Crippen molar-refractivity contribution in [1.29, 1.82) is 0 Å². The fourth-order valence-electron chi connectivity index (χ4n) is 2.38. The third kappa shape index (κ3) is 6.02. The highest BCUT2D eigenvalue weighted by Gasteiger charge is 2.34. The van der Waals surface area contributed by atoms with E-state index in [1.54, 1.807) is 0 Å². The first kappa shape index (κ1) is 20.8. The van der Waals surface area contributed by atoms with Gasteiger partial charge in [0, 0.05) is 12.1 Å². The second-order valence-corrected chi connectivity index (χ2v) is 6.92. The molecule has 0 aliphatic heterocycles. The molecule has 0 aliphatic rings. The highest BCUT2D eigenvalue weighted by atomic mass is 32.2. The number of hydrogen-bond donors (Lipinski definition) is 1. The third-order valence-corrected chi connectivity index (χ3v) is 4.65. The van der Waals surface area contributed by atoms with Crippen molar-refractivity contribution in [2.75, 3.05) is 5.75 Å². The molecule has 1 heterocycles. The number of aromatic nitrogens is 2. The first-order chi connectivity index (χ1) is 13.8. The number of carbonyl (C=O) groups excluding carboxylic acids is 1. The number of benzene rings is 2. The SMILES string of the molecule is O=C(CSc1nc(-c2ccc(F)cc2)cc(C(F)(F)F)n1)NCc1ccccc1. The Hall–Kier alpha value is -2.94. The molecule has 150 valence electrons. The average Bonchev–Trinajstić information content (AvgIpc) is 2.71. The molecule has 0 saturated carbocycles. The highest BCUT2D eigenvalue weighted by molar-refractivity contribution is 7.99. The van der Waals surface area contributed by atoms with Crippen LogP contribution >= 0.6 is 11.8 Å². The van der Waals surface area contributed by atoms with Gasteiger partial charge in [-0.25, -0.2) is 14.4 Å².